The molecule has 0 amide bonds. The zero-order valence-electron chi connectivity index (χ0n) is 10.8. The first-order chi connectivity index (χ1) is 8.65. The average Bonchev–Trinajstić information content (AvgIpc) is 2.40. The molecular weight excluding hydrogens is 326 g/mol. The maximum Gasteiger partial charge on any atom is 0.165 e. The van der Waals surface area contributed by atoms with E-state index in [1.165, 1.54) is 12.1 Å². The van der Waals surface area contributed by atoms with E-state index in [2.05, 4.69) is 16.8 Å². The van der Waals surface area contributed by atoms with Gasteiger partial charge >= 0.3 is 0 Å². The molecule has 0 aliphatic carbocycles. The molecule has 0 radical (unpaired) electrons. The molecule has 0 spiro atoms. The summed E-state index contributed by atoms with van der Waals surface area (Å²) in [4.78, 5) is 2.11. The van der Waals surface area contributed by atoms with Crippen LogP contribution in [0.2, 0.25) is 5.02 Å². The Hall–Kier alpha value is -0.520. The molecule has 114 valence electrons. The van der Waals surface area contributed by atoms with Crippen molar-refractivity contribution < 1.29 is 9.50 Å². The van der Waals surface area contributed by atoms with E-state index in [1.807, 2.05) is 0 Å². The first kappa shape index (κ1) is 19.5. The molecule has 0 unspecified atom stereocenters. The van der Waals surface area contributed by atoms with Gasteiger partial charge in [0.15, 0.2) is 11.6 Å². The highest BCUT2D eigenvalue weighted by Gasteiger charge is 2.25. The zero-order valence-corrected chi connectivity index (χ0v) is 13.2. The lowest BCUT2D eigenvalue weighted by Gasteiger charge is -2.34. The van der Waals surface area contributed by atoms with Gasteiger partial charge in [0.1, 0.15) is 0 Å². The Balaban J connectivity index is 0.00000180. The van der Waals surface area contributed by atoms with E-state index in [-0.39, 0.29) is 36.6 Å². The number of benzene rings is 1. The number of nitrogens with zero attached hydrogens (tertiary/aromatic N) is 1. The first-order valence-corrected chi connectivity index (χ1v) is 6.27. The minimum atomic E-state index is -0.656. The fourth-order valence-electron chi connectivity index (χ4n) is 2.25. The molecule has 1 fully saturated rings. The molecule has 1 aliphatic heterocycles. The van der Waals surface area contributed by atoms with Crippen LogP contribution in [-0.2, 0) is 0 Å². The van der Waals surface area contributed by atoms with Crippen molar-refractivity contribution in [2.75, 3.05) is 26.2 Å². The number of halogens is 4. The predicted octanol–water partition coefficient (Wildman–Crippen LogP) is 3.16. The normalized spacial score (nSPS) is 16.7. The first-order valence-electron chi connectivity index (χ1n) is 5.89. The van der Waals surface area contributed by atoms with Crippen LogP contribution in [0, 0.1) is 5.82 Å². The van der Waals surface area contributed by atoms with E-state index in [1.54, 1.807) is 6.08 Å². The van der Waals surface area contributed by atoms with Crippen LogP contribution < -0.4 is 5.32 Å². The standard InChI is InChI=1S/C13H16ClFN2O.2ClH/c1-2-11(17-7-5-16-6-8-17)12-9(14)3-4-10(15)13(12)18;;/h2-4,11,16,18H,1,5-8H2;2*1H/t11-;;/m1../s1. The SMILES string of the molecule is C=C[C@H](c1c(Cl)ccc(F)c1O)N1CCNCC1.Cl.Cl. The van der Waals surface area contributed by atoms with Crippen LogP contribution in [0.25, 0.3) is 0 Å². The Bertz CT molecular complexity index is 453. The Morgan fingerprint density at radius 2 is 1.95 bits per heavy atom. The minimum absolute atomic E-state index is 0. The van der Waals surface area contributed by atoms with Crippen molar-refractivity contribution in [1.82, 2.24) is 10.2 Å². The van der Waals surface area contributed by atoms with Crippen molar-refractivity contribution in [1.29, 1.82) is 0 Å². The number of piperazine rings is 1. The number of nitrogens with one attached hydrogen (secondary N) is 1. The van der Waals surface area contributed by atoms with Crippen LogP contribution in [0.15, 0.2) is 24.8 Å². The number of phenols is 1. The Labute approximate surface area is 135 Å². The Morgan fingerprint density at radius 1 is 1.35 bits per heavy atom. The maximum atomic E-state index is 13.4. The number of rotatable bonds is 3. The molecule has 2 N–H and O–H groups in total. The molecule has 2 rings (SSSR count). The Kier molecular flexibility index (Phi) is 8.47. The number of hydrogen-bond acceptors (Lipinski definition) is 3. The molecule has 0 aromatic heterocycles. The number of aromatic hydroxyl groups is 1. The van der Waals surface area contributed by atoms with Gasteiger partial charge in [-0.2, -0.15) is 0 Å². The van der Waals surface area contributed by atoms with Gasteiger partial charge in [0.2, 0.25) is 0 Å². The lowest BCUT2D eigenvalue weighted by Crippen LogP contribution is -2.44. The second-order valence-corrected chi connectivity index (χ2v) is 4.67. The van der Waals surface area contributed by atoms with Gasteiger partial charge in [-0.1, -0.05) is 17.7 Å². The summed E-state index contributed by atoms with van der Waals surface area (Å²) in [6.45, 7) is 7.11. The highest BCUT2D eigenvalue weighted by atomic mass is 35.5. The van der Waals surface area contributed by atoms with E-state index in [4.69, 9.17) is 11.6 Å². The van der Waals surface area contributed by atoms with E-state index in [0.717, 1.165) is 26.2 Å². The molecule has 1 aromatic rings. The topological polar surface area (TPSA) is 35.5 Å². The fourth-order valence-corrected chi connectivity index (χ4v) is 2.51. The fraction of sp³-hybridized carbons (Fsp3) is 0.385. The van der Waals surface area contributed by atoms with Crippen molar-refractivity contribution in [3.63, 3.8) is 0 Å². The molecule has 7 heteroatoms. The highest BCUT2D eigenvalue weighted by molar-refractivity contribution is 6.31. The third-order valence-electron chi connectivity index (χ3n) is 3.18. The van der Waals surface area contributed by atoms with Crippen LogP contribution in [0.4, 0.5) is 4.39 Å². The number of hydrogen-bond donors (Lipinski definition) is 2. The van der Waals surface area contributed by atoms with Crippen molar-refractivity contribution in [3.05, 3.63) is 41.2 Å². The average molecular weight is 344 g/mol. The largest absolute Gasteiger partial charge is 0.505 e. The van der Waals surface area contributed by atoms with E-state index in [0.29, 0.717) is 10.6 Å². The van der Waals surface area contributed by atoms with E-state index >= 15 is 0 Å². The van der Waals surface area contributed by atoms with Crippen LogP contribution in [0.5, 0.6) is 5.75 Å². The molecule has 1 heterocycles. The van der Waals surface area contributed by atoms with Crippen molar-refractivity contribution >= 4 is 36.4 Å². The molecule has 1 aliphatic rings. The van der Waals surface area contributed by atoms with Crippen LogP contribution >= 0.6 is 36.4 Å². The van der Waals surface area contributed by atoms with Crippen LogP contribution in [0.3, 0.4) is 0 Å². The molecule has 1 saturated heterocycles. The molecule has 3 nitrogen and oxygen atoms in total. The molecule has 0 saturated carbocycles. The van der Waals surface area contributed by atoms with Gasteiger partial charge in [-0.05, 0) is 12.1 Å². The third-order valence-corrected chi connectivity index (χ3v) is 3.51. The van der Waals surface area contributed by atoms with Crippen molar-refractivity contribution in [3.8, 4) is 5.75 Å². The Morgan fingerprint density at radius 3 is 2.50 bits per heavy atom. The summed E-state index contributed by atoms with van der Waals surface area (Å²) < 4.78 is 13.4. The van der Waals surface area contributed by atoms with E-state index < -0.39 is 5.82 Å². The summed E-state index contributed by atoms with van der Waals surface area (Å²) in [5.41, 5.74) is 0.397. The van der Waals surface area contributed by atoms with Gasteiger partial charge in [0.25, 0.3) is 0 Å². The van der Waals surface area contributed by atoms with Crippen LogP contribution in [0.1, 0.15) is 11.6 Å². The molecule has 20 heavy (non-hydrogen) atoms. The molecule has 1 atom stereocenters. The minimum Gasteiger partial charge on any atom is -0.505 e. The second-order valence-electron chi connectivity index (χ2n) is 4.26. The third kappa shape index (κ3) is 3.99. The summed E-state index contributed by atoms with van der Waals surface area (Å²) >= 11 is 6.08. The monoisotopic (exact) mass is 342 g/mol. The van der Waals surface area contributed by atoms with Gasteiger partial charge in [0, 0.05) is 36.8 Å². The van der Waals surface area contributed by atoms with Gasteiger partial charge in [-0.3, -0.25) is 4.90 Å². The summed E-state index contributed by atoms with van der Waals surface area (Å²) in [5, 5.41) is 13.5. The zero-order chi connectivity index (χ0) is 13.1. The molecule has 1 aromatic carbocycles. The summed E-state index contributed by atoms with van der Waals surface area (Å²) in [7, 11) is 0. The van der Waals surface area contributed by atoms with Gasteiger partial charge in [-0.25, -0.2) is 4.39 Å². The van der Waals surface area contributed by atoms with E-state index in [9.17, 15) is 9.50 Å². The summed E-state index contributed by atoms with van der Waals surface area (Å²) in [6, 6.07) is 2.36. The lowest BCUT2D eigenvalue weighted by atomic mass is 10.0. The predicted molar refractivity (Wildman–Crippen MR) is 85.0 cm³/mol. The van der Waals surface area contributed by atoms with Crippen molar-refractivity contribution in [2.24, 2.45) is 0 Å². The maximum absolute atomic E-state index is 13.4. The molecular formula is C13H18Cl3FN2O. The summed E-state index contributed by atoms with van der Waals surface area (Å²) in [6.07, 6.45) is 1.69. The van der Waals surface area contributed by atoms with Crippen molar-refractivity contribution in [2.45, 2.75) is 6.04 Å². The van der Waals surface area contributed by atoms with Gasteiger partial charge in [0.05, 0.1) is 6.04 Å². The molecule has 0 bridgehead atoms. The van der Waals surface area contributed by atoms with Gasteiger partial charge < -0.3 is 10.4 Å². The number of phenolic OH excluding ortho intramolecular Hbond substituents is 1. The summed E-state index contributed by atoms with van der Waals surface area (Å²) in [5.74, 6) is -1.04. The van der Waals surface area contributed by atoms with Gasteiger partial charge in [-0.15, -0.1) is 31.4 Å². The lowest BCUT2D eigenvalue weighted by molar-refractivity contribution is 0.200. The van der Waals surface area contributed by atoms with Crippen LogP contribution in [-0.4, -0.2) is 36.2 Å². The highest BCUT2D eigenvalue weighted by Crippen LogP contribution is 2.37. The smallest absolute Gasteiger partial charge is 0.165 e. The second kappa shape index (κ2) is 8.70. The quantitative estimate of drug-likeness (QED) is 0.828.